The molecule has 3 heteroatoms. The predicted octanol–water partition coefficient (Wildman–Crippen LogP) is 4.92. The number of carbonyl (C=O) groups excluding carboxylic acids is 1. The molecule has 0 N–H and O–H groups in total. The van der Waals surface area contributed by atoms with Gasteiger partial charge < -0.3 is 9.53 Å². The quantitative estimate of drug-likeness (QED) is 0.750. The minimum absolute atomic E-state index is 0.257. The first kappa shape index (κ1) is 15.1. The molecule has 1 spiro atoms. The summed E-state index contributed by atoms with van der Waals surface area (Å²) in [5.41, 5.74) is 3.61. The number of hydrogen-bond donors (Lipinski definition) is 0. The Kier molecular flexibility index (Phi) is 3.72. The molecule has 0 radical (unpaired) electrons. The van der Waals surface area contributed by atoms with Crippen molar-refractivity contribution >= 4 is 11.9 Å². The van der Waals surface area contributed by atoms with E-state index in [1.807, 2.05) is 24.3 Å². The third kappa shape index (κ3) is 2.35. The van der Waals surface area contributed by atoms with Gasteiger partial charge in [0.05, 0.1) is 0 Å². The molecule has 2 aromatic carbocycles. The Bertz CT molecular complexity index is 799. The number of rotatable bonds is 3. The standard InChI is InChI=1S/C21H19FO2/c22-16-9-7-15(8-10-16)20-17-5-1-2-6-19(17)24-21(12-3-4-13-21)18(20)11-14-23/h1-2,5-10,14H,3-4,11-13H2. The smallest absolute Gasteiger partial charge is 0.131 e. The maximum Gasteiger partial charge on any atom is 0.131 e. The lowest BCUT2D eigenvalue weighted by Gasteiger charge is -2.39. The zero-order chi connectivity index (χ0) is 16.6. The fraction of sp³-hybridized carbons (Fsp3) is 0.286. The van der Waals surface area contributed by atoms with Crippen LogP contribution in [0.4, 0.5) is 4.39 Å². The first-order chi connectivity index (χ1) is 11.7. The number of ether oxygens (including phenoxy) is 1. The first-order valence-corrected chi connectivity index (χ1v) is 8.45. The molecule has 0 unspecified atom stereocenters. The second-order valence-electron chi connectivity index (χ2n) is 6.53. The van der Waals surface area contributed by atoms with Gasteiger partial charge in [-0.25, -0.2) is 4.39 Å². The van der Waals surface area contributed by atoms with Gasteiger partial charge in [-0.3, -0.25) is 0 Å². The number of para-hydroxylation sites is 1. The monoisotopic (exact) mass is 322 g/mol. The molecule has 2 aromatic rings. The molecular formula is C21H19FO2. The van der Waals surface area contributed by atoms with Gasteiger partial charge in [-0.1, -0.05) is 30.3 Å². The van der Waals surface area contributed by atoms with Crippen molar-refractivity contribution in [3.05, 3.63) is 71.0 Å². The van der Waals surface area contributed by atoms with Crippen molar-refractivity contribution in [3.8, 4) is 5.75 Å². The van der Waals surface area contributed by atoms with Gasteiger partial charge in [0.1, 0.15) is 23.5 Å². The Morgan fingerprint density at radius 1 is 1.04 bits per heavy atom. The van der Waals surface area contributed by atoms with Gasteiger partial charge in [0, 0.05) is 12.0 Å². The van der Waals surface area contributed by atoms with E-state index in [0.717, 1.165) is 60.0 Å². The van der Waals surface area contributed by atoms with Gasteiger partial charge in [-0.15, -0.1) is 0 Å². The average Bonchev–Trinajstić information content (AvgIpc) is 3.06. The van der Waals surface area contributed by atoms with Crippen LogP contribution in [-0.2, 0) is 4.79 Å². The SMILES string of the molecule is O=CCC1=C(c2ccc(F)cc2)c2ccccc2OC12CCCC2. The topological polar surface area (TPSA) is 26.3 Å². The van der Waals surface area contributed by atoms with Gasteiger partial charge in [0.2, 0.25) is 0 Å². The Balaban J connectivity index is 1.99. The van der Waals surface area contributed by atoms with Crippen LogP contribution in [0.5, 0.6) is 5.75 Å². The molecule has 122 valence electrons. The van der Waals surface area contributed by atoms with Crippen molar-refractivity contribution in [1.29, 1.82) is 0 Å². The van der Waals surface area contributed by atoms with Crippen LogP contribution < -0.4 is 4.74 Å². The van der Waals surface area contributed by atoms with E-state index in [2.05, 4.69) is 0 Å². The van der Waals surface area contributed by atoms with E-state index in [1.165, 1.54) is 12.1 Å². The van der Waals surface area contributed by atoms with Crippen molar-refractivity contribution < 1.29 is 13.9 Å². The molecule has 1 heterocycles. The van der Waals surface area contributed by atoms with Crippen molar-refractivity contribution in [3.63, 3.8) is 0 Å². The van der Waals surface area contributed by atoms with E-state index in [1.54, 1.807) is 12.1 Å². The highest BCUT2D eigenvalue weighted by molar-refractivity contribution is 5.89. The first-order valence-electron chi connectivity index (χ1n) is 8.45. The molecule has 0 saturated heterocycles. The van der Waals surface area contributed by atoms with Crippen molar-refractivity contribution in [1.82, 2.24) is 0 Å². The summed E-state index contributed by atoms with van der Waals surface area (Å²) in [6.07, 6.45) is 5.35. The number of halogens is 1. The molecule has 0 atom stereocenters. The summed E-state index contributed by atoms with van der Waals surface area (Å²) in [5, 5.41) is 0. The van der Waals surface area contributed by atoms with Gasteiger partial charge in [0.25, 0.3) is 0 Å². The number of aldehydes is 1. The van der Waals surface area contributed by atoms with E-state index < -0.39 is 0 Å². The lowest BCUT2D eigenvalue weighted by molar-refractivity contribution is -0.107. The van der Waals surface area contributed by atoms with E-state index in [0.29, 0.717) is 6.42 Å². The molecule has 1 aliphatic heterocycles. The van der Waals surface area contributed by atoms with Gasteiger partial charge >= 0.3 is 0 Å². The lowest BCUT2D eigenvalue weighted by atomic mass is 9.78. The van der Waals surface area contributed by atoms with E-state index in [-0.39, 0.29) is 11.4 Å². The summed E-state index contributed by atoms with van der Waals surface area (Å²) in [4.78, 5) is 11.4. The minimum atomic E-state index is -0.390. The van der Waals surface area contributed by atoms with Crippen molar-refractivity contribution in [2.75, 3.05) is 0 Å². The molecular weight excluding hydrogens is 303 g/mol. The third-order valence-corrected chi connectivity index (χ3v) is 5.15. The number of carbonyl (C=O) groups is 1. The van der Waals surface area contributed by atoms with Crippen LogP contribution in [-0.4, -0.2) is 11.9 Å². The average molecular weight is 322 g/mol. The highest BCUT2D eigenvalue weighted by atomic mass is 19.1. The third-order valence-electron chi connectivity index (χ3n) is 5.15. The molecule has 2 nitrogen and oxygen atoms in total. The van der Waals surface area contributed by atoms with Crippen LogP contribution in [0, 0.1) is 5.82 Å². The molecule has 1 aliphatic carbocycles. The molecule has 0 aromatic heterocycles. The lowest BCUT2D eigenvalue weighted by Crippen LogP contribution is -2.38. The summed E-state index contributed by atoms with van der Waals surface area (Å²) >= 11 is 0. The summed E-state index contributed by atoms with van der Waals surface area (Å²) < 4.78 is 19.8. The van der Waals surface area contributed by atoms with Crippen molar-refractivity contribution in [2.45, 2.75) is 37.7 Å². The van der Waals surface area contributed by atoms with Gasteiger partial charge in [-0.05, 0) is 60.6 Å². The minimum Gasteiger partial charge on any atom is -0.482 e. The molecule has 0 bridgehead atoms. The van der Waals surface area contributed by atoms with Gasteiger partial charge in [-0.2, -0.15) is 0 Å². The fourth-order valence-electron chi connectivity index (χ4n) is 4.09. The normalized spacial score (nSPS) is 18.4. The number of benzene rings is 2. The maximum absolute atomic E-state index is 13.4. The summed E-state index contributed by atoms with van der Waals surface area (Å²) in [5.74, 6) is 0.598. The van der Waals surface area contributed by atoms with E-state index in [4.69, 9.17) is 4.74 Å². The Morgan fingerprint density at radius 2 is 1.75 bits per heavy atom. The van der Waals surface area contributed by atoms with E-state index >= 15 is 0 Å². The molecule has 2 aliphatic rings. The molecule has 1 saturated carbocycles. The van der Waals surface area contributed by atoms with Crippen LogP contribution in [0.1, 0.15) is 43.2 Å². The molecule has 1 fully saturated rings. The molecule has 0 amide bonds. The second kappa shape index (κ2) is 5.90. The van der Waals surface area contributed by atoms with Crippen LogP contribution >= 0.6 is 0 Å². The van der Waals surface area contributed by atoms with Crippen LogP contribution in [0.15, 0.2) is 54.1 Å². The Morgan fingerprint density at radius 3 is 2.46 bits per heavy atom. The summed E-state index contributed by atoms with van der Waals surface area (Å²) in [6.45, 7) is 0. The second-order valence-corrected chi connectivity index (χ2v) is 6.53. The molecule has 4 rings (SSSR count). The number of fused-ring (bicyclic) bond motifs is 1. The highest BCUT2D eigenvalue weighted by Gasteiger charge is 2.44. The maximum atomic E-state index is 13.4. The summed E-state index contributed by atoms with van der Waals surface area (Å²) in [6, 6.07) is 14.5. The fourth-order valence-corrected chi connectivity index (χ4v) is 4.09. The largest absolute Gasteiger partial charge is 0.482 e. The van der Waals surface area contributed by atoms with Crippen LogP contribution in [0.2, 0.25) is 0 Å². The Hall–Kier alpha value is -2.42. The van der Waals surface area contributed by atoms with E-state index in [9.17, 15) is 9.18 Å². The molecule has 24 heavy (non-hydrogen) atoms. The summed E-state index contributed by atoms with van der Waals surface area (Å²) in [7, 11) is 0. The van der Waals surface area contributed by atoms with Crippen molar-refractivity contribution in [2.24, 2.45) is 0 Å². The van der Waals surface area contributed by atoms with Crippen LogP contribution in [0.3, 0.4) is 0 Å². The van der Waals surface area contributed by atoms with Crippen LogP contribution in [0.25, 0.3) is 5.57 Å². The zero-order valence-electron chi connectivity index (χ0n) is 13.4. The predicted molar refractivity (Wildman–Crippen MR) is 91.4 cm³/mol. The van der Waals surface area contributed by atoms with Gasteiger partial charge in [0.15, 0.2) is 0 Å². The highest BCUT2D eigenvalue weighted by Crippen LogP contribution is 2.50. The Labute approximate surface area is 141 Å². The number of hydrogen-bond acceptors (Lipinski definition) is 2. The zero-order valence-corrected chi connectivity index (χ0v) is 13.4.